The monoisotopic (exact) mass is 347 g/mol. The van der Waals surface area contributed by atoms with Gasteiger partial charge in [0.25, 0.3) is 5.91 Å². The SMILES string of the molecule is CO[C@@H]1CCCOC12CCN(C(=O)c1nn(C)c3c1CCCC3)CC2. The van der Waals surface area contributed by atoms with Crippen LogP contribution in [0.25, 0.3) is 0 Å². The van der Waals surface area contributed by atoms with E-state index in [1.807, 2.05) is 16.6 Å². The van der Waals surface area contributed by atoms with Crippen LogP contribution in [0.15, 0.2) is 0 Å². The Morgan fingerprint density at radius 1 is 1.24 bits per heavy atom. The van der Waals surface area contributed by atoms with E-state index in [1.165, 1.54) is 17.7 Å². The number of carbonyl (C=O) groups is 1. The molecule has 25 heavy (non-hydrogen) atoms. The standard InChI is InChI=1S/C19H29N3O3/c1-21-15-7-4-3-6-14(15)17(20-21)18(23)22-11-9-19(10-12-22)16(24-2)8-5-13-25-19/h16H,3-13H2,1-2H3/t16-/m1/s1. The van der Waals surface area contributed by atoms with Gasteiger partial charge < -0.3 is 14.4 Å². The van der Waals surface area contributed by atoms with Crippen molar-refractivity contribution in [2.45, 2.75) is 63.1 Å². The number of fused-ring (bicyclic) bond motifs is 1. The van der Waals surface area contributed by atoms with Crippen molar-refractivity contribution in [3.63, 3.8) is 0 Å². The molecular weight excluding hydrogens is 318 g/mol. The van der Waals surface area contributed by atoms with Crippen LogP contribution in [-0.2, 0) is 29.4 Å². The first kappa shape index (κ1) is 17.0. The van der Waals surface area contributed by atoms with Gasteiger partial charge in [-0.3, -0.25) is 9.48 Å². The second-order valence-corrected chi connectivity index (χ2v) is 7.68. The molecule has 1 atom stereocenters. The highest BCUT2D eigenvalue weighted by atomic mass is 16.5. The topological polar surface area (TPSA) is 56.6 Å². The van der Waals surface area contributed by atoms with E-state index in [9.17, 15) is 4.79 Å². The smallest absolute Gasteiger partial charge is 0.274 e. The van der Waals surface area contributed by atoms with Crippen molar-refractivity contribution in [2.75, 3.05) is 26.8 Å². The number of piperidine rings is 1. The lowest BCUT2D eigenvalue weighted by atomic mass is 9.81. The highest BCUT2D eigenvalue weighted by Crippen LogP contribution is 2.37. The first-order chi connectivity index (χ1) is 12.1. The molecule has 1 amide bonds. The molecular formula is C19H29N3O3. The van der Waals surface area contributed by atoms with Gasteiger partial charge in [-0.1, -0.05) is 0 Å². The van der Waals surface area contributed by atoms with E-state index >= 15 is 0 Å². The zero-order chi connectivity index (χ0) is 17.4. The molecule has 3 aliphatic rings. The van der Waals surface area contributed by atoms with Crippen molar-refractivity contribution >= 4 is 5.91 Å². The Balaban J connectivity index is 1.49. The third-order valence-electron chi connectivity index (χ3n) is 6.34. The van der Waals surface area contributed by atoms with Crippen LogP contribution in [0.5, 0.6) is 0 Å². The molecule has 138 valence electrons. The van der Waals surface area contributed by atoms with Crippen LogP contribution in [0, 0.1) is 0 Å². The lowest BCUT2D eigenvalue weighted by molar-refractivity contribution is -0.183. The first-order valence-electron chi connectivity index (χ1n) is 9.65. The summed E-state index contributed by atoms with van der Waals surface area (Å²) in [6, 6.07) is 0. The normalized spacial score (nSPS) is 25.8. The molecule has 6 nitrogen and oxygen atoms in total. The second-order valence-electron chi connectivity index (χ2n) is 7.68. The van der Waals surface area contributed by atoms with Gasteiger partial charge in [-0.05, 0) is 51.4 Å². The number of hydrogen-bond acceptors (Lipinski definition) is 4. The summed E-state index contributed by atoms with van der Waals surface area (Å²) in [5.74, 6) is 0.0957. The second kappa shape index (κ2) is 6.72. The minimum Gasteiger partial charge on any atom is -0.378 e. The number of rotatable bonds is 2. The molecule has 0 N–H and O–H groups in total. The molecule has 0 aromatic carbocycles. The third-order valence-corrected chi connectivity index (χ3v) is 6.34. The number of aryl methyl sites for hydroxylation is 1. The van der Waals surface area contributed by atoms with Crippen molar-refractivity contribution < 1.29 is 14.3 Å². The van der Waals surface area contributed by atoms with Gasteiger partial charge in [0.15, 0.2) is 5.69 Å². The summed E-state index contributed by atoms with van der Waals surface area (Å²) in [5.41, 5.74) is 2.91. The van der Waals surface area contributed by atoms with E-state index in [2.05, 4.69) is 5.10 Å². The summed E-state index contributed by atoms with van der Waals surface area (Å²) in [4.78, 5) is 15.1. The first-order valence-corrected chi connectivity index (χ1v) is 9.65. The fourth-order valence-electron chi connectivity index (χ4n) is 4.88. The number of likely N-dealkylation sites (tertiary alicyclic amines) is 1. The maximum absolute atomic E-state index is 13.1. The summed E-state index contributed by atoms with van der Waals surface area (Å²) < 4.78 is 13.8. The number of nitrogens with zero attached hydrogens (tertiary/aromatic N) is 3. The number of ether oxygens (including phenoxy) is 2. The van der Waals surface area contributed by atoms with Crippen LogP contribution in [-0.4, -0.2) is 59.1 Å². The van der Waals surface area contributed by atoms with Crippen LogP contribution in [0.4, 0.5) is 0 Å². The van der Waals surface area contributed by atoms with Crippen LogP contribution in [0.2, 0.25) is 0 Å². The molecule has 1 aromatic heterocycles. The minimum atomic E-state index is -0.201. The molecule has 2 fully saturated rings. The molecule has 1 aliphatic carbocycles. The fourth-order valence-corrected chi connectivity index (χ4v) is 4.88. The van der Waals surface area contributed by atoms with E-state index in [-0.39, 0.29) is 17.6 Å². The van der Waals surface area contributed by atoms with E-state index in [4.69, 9.17) is 9.47 Å². The highest BCUT2D eigenvalue weighted by Gasteiger charge is 2.45. The van der Waals surface area contributed by atoms with E-state index in [1.54, 1.807) is 7.11 Å². The molecule has 2 saturated heterocycles. The van der Waals surface area contributed by atoms with Crippen LogP contribution < -0.4 is 0 Å². The fraction of sp³-hybridized carbons (Fsp3) is 0.789. The lowest BCUT2D eigenvalue weighted by Crippen LogP contribution is -2.56. The highest BCUT2D eigenvalue weighted by molar-refractivity contribution is 5.94. The average molecular weight is 347 g/mol. The lowest BCUT2D eigenvalue weighted by Gasteiger charge is -2.47. The summed E-state index contributed by atoms with van der Waals surface area (Å²) in [5, 5.41) is 4.57. The molecule has 4 rings (SSSR count). The molecule has 0 radical (unpaired) electrons. The molecule has 6 heteroatoms. The maximum atomic E-state index is 13.1. The molecule has 0 bridgehead atoms. The Kier molecular flexibility index (Phi) is 4.58. The van der Waals surface area contributed by atoms with Crippen molar-refractivity contribution in [2.24, 2.45) is 7.05 Å². The zero-order valence-corrected chi connectivity index (χ0v) is 15.4. The number of amides is 1. The average Bonchev–Trinajstić information content (AvgIpc) is 2.99. The minimum absolute atomic E-state index is 0.0957. The molecule has 3 heterocycles. The van der Waals surface area contributed by atoms with Crippen LogP contribution in [0.3, 0.4) is 0 Å². The van der Waals surface area contributed by atoms with E-state index in [0.717, 1.165) is 64.6 Å². The van der Waals surface area contributed by atoms with Crippen molar-refractivity contribution in [3.05, 3.63) is 17.0 Å². The van der Waals surface area contributed by atoms with Gasteiger partial charge in [0.1, 0.15) is 0 Å². The van der Waals surface area contributed by atoms with Crippen molar-refractivity contribution in [3.8, 4) is 0 Å². The quantitative estimate of drug-likeness (QED) is 0.822. The largest absolute Gasteiger partial charge is 0.378 e. The van der Waals surface area contributed by atoms with Gasteiger partial charge in [0, 0.05) is 45.1 Å². The number of hydrogen-bond donors (Lipinski definition) is 0. The maximum Gasteiger partial charge on any atom is 0.274 e. The Morgan fingerprint density at radius 2 is 2.00 bits per heavy atom. The molecule has 0 saturated carbocycles. The Hall–Kier alpha value is -1.40. The van der Waals surface area contributed by atoms with Gasteiger partial charge in [-0.25, -0.2) is 0 Å². The molecule has 2 aliphatic heterocycles. The number of carbonyl (C=O) groups excluding carboxylic acids is 1. The van der Waals surface area contributed by atoms with Gasteiger partial charge in [0.05, 0.1) is 11.7 Å². The molecule has 1 aromatic rings. The third kappa shape index (κ3) is 2.89. The number of aromatic nitrogens is 2. The Bertz CT molecular complexity index is 647. The number of methoxy groups -OCH3 is 1. The summed E-state index contributed by atoms with van der Waals surface area (Å²) in [6.07, 6.45) is 8.35. The summed E-state index contributed by atoms with van der Waals surface area (Å²) >= 11 is 0. The van der Waals surface area contributed by atoms with Crippen LogP contribution in [0.1, 0.15) is 60.3 Å². The van der Waals surface area contributed by atoms with Crippen molar-refractivity contribution in [1.29, 1.82) is 0 Å². The van der Waals surface area contributed by atoms with Crippen LogP contribution >= 0.6 is 0 Å². The summed E-state index contributed by atoms with van der Waals surface area (Å²) in [7, 11) is 3.74. The summed E-state index contributed by atoms with van der Waals surface area (Å²) in [6.45, 7) is 2.26. The van der Waals surface area contributed by atoms with Gasteiger partial charge in [0.2, 0.25) is 0 Å². The van der Waals surface area contributed by atoms with Crippen molar-refractivity contribution in [1.82, 2.24) is 14.7 Å². The predicted octanol–water partition coefficient (Wildman–Crippen LogP) is 2.10. The Morgan fingerprint density at radius 3 is 2.76 bits per heavy atom. The molecule has 0 unspecified atom stereocenters. The van der Waals surface area contributed by atoms with Gasteiger partial charge >= 0.3 is 0 Å². The Labute approximate surface area is 149 Å². The van der Waals surface area contributed by atoms with Gasteiger partial charge in [-0.2, -0.15) is 5.10 Å². The zero-order valence-electron chi connectivity index (χ0n) is 15.4. The van der Waals surface area contributed by atoms with Gasteiger partial charge in [-0.15, -0.1) is 0 Å². The molecule has 1 spiro atoms. The predicted molar refractivity (Wildman–Crippen MR) is 93.7 cm³/mol. The van der Waals surface area contributed by atoms with E-state index < -0.39 is 0 Å². The van der Waals surface area contributed by atoms with E-state index in [0.29, 0.717) is 5.69 Å².